The highest BCUT2D eigenvalue weighted by Gasteiger charge is 2.52. The van der Waals surface area contributed by atoms with Crippen LogP contribution < -0.4 is 0 Å². The quantitative estimate of drug-likeness (QED) is 0.470. The molecule has 5 nitrogen and oxygen atoms in total. The zero-order valence-electron chi connectivity index (χ0n) is 9.14. The predicted octanol–water partition coefficient (Wildman–Crippen LogP) is -0.313. The minimum atomic E-state index is -0.609. The highest BCUT2D eigenvalue weighted by molar-refractivity contribution is 6.30. The zero-order valence-corrected chi connectivity index (χ0v) is 9.90. The number of carbonyl (C=O) groups excluding carboxylic acids is 3. The van der Waals surface area contributed by atoms with Gasteiger partial charge in [0.2, 0.25) is 17.7 Å². The van der Waals surface area contributed by atoms with Gasteiger partial charge in [0.25, 0.3) is 0 Å². The molecule has 0 aromatic rings. The molecule has 2 rings (SSSR count). The van der Waals surface area contributed by atoms with Crippen LogP contribution in [0.15, 0.2) is 0 Å². The molecule has 2 heterocycles. The third-order valence-electron chi connectivity index (χ3n) is 3.27. The van der Waals surface area contributed by atoms with E-state index >= 15 is 0 Å². The average molecular weight is 245 g/mol. The maximum Gasteiger partial charge on any atom is 0.240 e. The molecule has 0 aromatic heterocycles. The van der Waals surface area contributed by atoms with Gasteiger partial charge in [-0.25, -0.2) is 0 Å². The molecule has 0 aliphatic carbocycles. The molecular formula is C10H13ClN2O3. The van der Waals surface area contributed by atoms with Crippen LogP contribution in [0.1, 0.15) is 6.92 Å². The molecule has 0 unspecified atom stereocenters. The Hall–Kier alpha value is -1.10. The van der Waals surface area contributed by atoms with Gasteiger partial charge in [-0.3, -0.25) is 19.3 Å². The second-order valence-corrected chi connectivity index (χ2v) is 4.96. The Morgan fingerprint density at radius 2 is 1.75 bits per heavy atom. The normalized spacial score (nSPS) is 30.9. The predicted molar refractivity (Wildman–Crippen MR) is 56.7 cm³/mol. The van der Waals surface area contributed by atoms with Crippen LogP contribution in [-0.2, 0) is 14.4 Å². The van der Waals surface area contributed by atoms with E-state index in [0.29, 0.717) is 13.1 Å². The molecule has 0 aromatic carbocycles. The smallest absolute Gasteiger partial charge is 0.240 e. The van der Waals surface area contributed by atoms with Crippen molar-refractivity contribution in [3.05, 3.63) is 0 Å². The lowest BCUT2D eigenvalue weighted by molar-refractivity contribution is -0.139. The summed E-state index contributed by atoms with van der Waals surface area (Å²) in [4.78, 5) is 37.6. The SMILES string of the molecule is C[C@@H](Cl)C(=O)N1C[C@@H]2C(=O)N(C)C(=O)[C@@H]2C1. The second kappa shape index (κ2) is 3.73. The molecule has 2 fully saturated rings. The zero-order chi connectivity index (χ0) is 12.0. The first-order chi connectivity index (χ1) is 7.43. The Bertz CT molecular complexity index is 345. The molecule has 3 atom stereocenters. The number of alkyl halides is 1. The number of hydrogen-bond donors (Lipinski definition) is 0. The van der Waals surface area contributed by atoms with Gasteiger partial charge in [-0.15, -0.1) is 11.6 Å². The summed E-state index contributed by atoms with van der Waals surface area (Å²) in [6, 6.07) is 0. The van der Waals surface area contributed by atoms with Gasteiger partial charge in [0.1, 0.15) is 5.38 Å². The first-order valence-corrected chi connectivity index (χ1v) is 5.61. The van der Waals surface area contributed by atoms with Crippen LogP contribution in [0.5, 0.6) is 0 Å². The maximum atomic E-state index is 11.7. The number of nitrogens with zero attached hydrogens (tertiary/aromatic N) is 2. The summed E-state index contributed by atoms with van der Waals surface area (Å²) in [6.45, 7) is 2.22. The highest BCUT2D eigenvalue weighted by atomic mass is 35.5. The van der Waals surface area contributed by atoms with Crippen molar-refractivity contribution in [2.45, 2.75) is 12.3 Å². The number of hydrogen-bond acceptors (Lipinski definition) is 3. The van der Waals surface area contributed by atoms with Gasteiger partial charge in [-0.2, -0.15) is 0 Å². The maximum absolute atomic E-state index is 11.7. The monoisotopic (exact) mass is 244 g/mol. The molecule has 16 heavy (non-hydrogen) atoms. The van der Waals surface area contributed by atoms with E-state index in [0.717, 1.165) is 4.90 Å². The number of imide groups is 1. The van der Waals surface area contributed by atoms with Crippen LogP contribution in [0.2, 0.25) is 0 Å². The van der Waals surface area contributed by atoms with Crippen LogP contribution in [0.25, 0.3) is 0 Å². The van der Waals surface area contributed by atoms with Crippen molar-refractivity contribution in [3.8, 4) is 0 Å². The first-order valence-electron chi connectivity index (χ1n) is 5.17. The van der Waals surface area contributed by atoms with Gasteiger partial charge in [-0.1, -0.05) is 0 Å². The lowest BCUT2D eigenvalue weighted by atomic mass is 10.00. The number of fused-ring (bicyclic) bond motifs is 1. The fourth-order valence-corrected chi connectivity index (χ4v) is 2.48. The number of amides is 3. The molecule has 2 aliphatic heterocycles. The van der Waals surface area contributed by atoms with Crippen LogP contribution in [-0.4, -0.2) is 53.0 Å². The largest absolute Gasteiger partial charge is 0.340 e. The molecular weight excluding hydrogens is 232 g/mol. The van der Waals surface area contributed by atoms with E-state index < -0.39 is 5.38 Å². The number of halogens is 1. The average Bonchev–Trinajstić information content (AvgIpc) is 2.75. The Labute approximate surface area is 98.3 Å². The Kier molecular flexibility index (Phi) is 2.66. The van der Waals surface area contributed by atoms with Crippen molar-refractivity contribution in [2.24, 2.45) is 11.8 Å². The first kappa shape index (κ1) is 11.4. The Morgan fingerprint density at radius 1 is 1.31 bits per heavy atom. The topological polar surface area (TPSA) is 57.7 Å². The van der Waals surface area contributed by atoms with Crippen molar-refractivity contribution in [1.82, 2.24) is 9.80 Å². The third-order valence-corrected chi connectivity index (χ3v) is 3.45. The fourth-order valence-electron chi connectivity index (χ4n) is 2.34. The van der Waals surface area contributed by atoms with E-state index in [1.807, 2.05) is 0 Å². The molecule has 0 N–H and O–H groups in total. The van der Waals surface area contributed by atoms with Gasteiger partial charge >= 0.3 is 0 Å². The third kappa shape index (κ3) is 1.50. The van der Waals surface area contributed by atoms with Gasteiger partial charge in [0, 0.05) is 20.1 Å². The lowest BCUT2D eigenvalue weighted by Crippen LogP contribution is -2.38. The van der Waals surface area contributed by atoms with Gasteiger partial charge in [-0.05, 0) is 6.92 Å². The summed E-state index contributed by atoms with van der Waals surface area (Å²) in [5.74, 6) is -1.31. The molecule has 0 spiro atoms. The Morgan fingerprint density at radius 3 is 2.12 bits per heavy atom. The summed E-state index contributed by atoms with van der Waals surface area (Å²) < 4.78 is 0. The minimum absolute atomic E-state index is 0.187. The van der Waals surface area contributed by atoms with Crippen LogP contribution in [0.3, 0.4) is 0 Å². The van der Waals surface area contributed by atoms with E-state index in [4.69, 9.17) is 11.6 Å². The van der Waals surface area contributed by atoms with Crippen molar-refractivity contribution in [2.75, 3.05) is 20.1 Å². The summed E-state index contributed by atoms with van der Waals surface area (Å²) in [6.07, 6.45) is 0. The molecule has 88 valence electrons. The number of rotatable bonds is 1. The standard InChI is InChI=1S/C10H13ClN2O3/c1-5(11)8(14)13-3-6-7(4-13)10(16)12(2)9(6)15/h5-7H,3-4H2,1-2H3/t5-,6-,7+/m1/s1. The van der Waals surface area contributed by atoms with E-state index in [1.165, 1.54) is 11.9 Å². The van der Waals surface area contributed by atoms with E-state index in [2.05, 4.69) is 0 Å². The molecule has 0 bridgehead atoms. The van der Waals surface area contributed by atoms with E-state index in [-0.39, 0.29) is 29.6 Å². The summed E-state index contributed by atoms with van der Waals surface area (Å²) in [5, 5.41) is -0.609. The molecule has 0 saturated carbocycles. The molecule has 2 aliphatic rings. The van der Waals surface area contributed by atoms with E-state index in [1.54, 1.807) is 6.92 Å². The van der Waals surface area contributed by atoms with Crippen molar-refractivity contribution < 1.29 is 14.4 Å². The van der Waals surface area contributed by atoms with Crippen molar-refractivity contribution in [1.29, 1.82) is 0 Å². The minimum Gasteiger partial charge on any atom is -0.340 e. The van der Waals surface area contributed by atoms with Gasteiger partial charge < -0.3 is 4.90 Å². The van der Waals surface area contributed by atoms with Crippen molar-refractivity contribution >= 4 is 29.3 Å². The summed E-state index contributed by atoms with van der Waals surface area (Å²) in [7, 11) is 1.49. The number of carbonyl (C=O) groups is 3. The van der Waals surface area contributed by atoms with Gasteiger partial charge in [0.05, 0.1) is 11.8 Å². The molecule has 6 heteroatoms. The van der Waals surface area contributed by atoms with Crippen molar-refractivity contribution in [3.63, 3.8) is 0 Å². The molecule has 0 radical (unpaired) electrons. The number of likely N-dealkylation sites (tertiary alicyclic amines) is 2. The molecule has 3 amide bonds. The summed E-state index contributed by atoms with van der Waals surface area (Å²) in [5.41, 5.74) is 0. The molecule has 2 saturated heterocycles. The van der Waals surface area contributed by atoms with Gasteiger partial charge in [0.15, 0.2) is 0 Å². The van der Waals surface area contributed by atoms with Crippen LogP contribution in [0.4, 0.5) is 0 Å². The fraction of sp³-hybridized carbons (Fsp3) is 0.700. The Balaban J connectivity index is 2.13. The van der Waals surface area contributed by atoms with Crippen LogP contribution >= 0.6 is 11.6 Å². The van der Waals surface area contributed by atoms with E-state index in [9.17, 15) is 14.4 Å². The van der Waals surface area contributed by atoms with Crippen LogP contribution in [0, 0.1) is 11.8 Å². The lowest BCUT2D eigenvalue weighted by Gasteiger charge is -2.19. The second-order valence-electron chi connectivity index (χ2n) is 4.31. The highest BCUT2D eigenvalue weighted by Crippen LogP contribution is 2.32. The summed E-state index contributed by atoms with van der Waals surface area (Å²) >= 11 is 5.69.